The lowest BCUT2D eigenvalue weighted by molar-refractivity contribution is 0.0513. The fourth-order valence-corrected chi connectivity index (χ4v) is 2.24. The Bertz CT molecular complexity index is 590. The molecule has 0 unspecified atom stereocenters. The van der Waals surface area contributed by atoms with Gasteiger partial charge in [-0.1, -0.05) is 23.7 Å². The Morgan fingerprint density at radius 2 is 2.16 bits per heavy atom. The van der Waals surface area contributed by atoms with Gasteiger partial charge in [-0.25, -0.2) is 4.79 Å². The molecule has 100 valence electrons. The number of aromatic nitrogens is 1. The third-order valence-electron chi connectivity index (χ3n) is 2.88. The fraction of sp³-hybridized carbons (Fsp3) is 0.267. The van der Waals surface area contributed by atoms with E-state index in [2.05, 4.69) is 0 Å². The predicted molar refractivity (Wildman–Crippen MR) is 75.7 cm³/mol. The molecule has 0 radical (unpaired) electrons. The third-order valence-corrected chi connectivity index (χ3v) is 3.11. The summed E-state index contributed by atoms with van der Waals surface area (Å²) in [6.07, 6.45) is 1.89. The zero-order valence-electron chi connectivity index (χ0n) is 11.0. The average Bonchev–Trinajstić information content (AvgIpc) is 2.71. The second kappa shape index (κ2) is 5.93. The van der Waals surface area contributed by atoms with E-state index in [1.807, 2.05) is 48.0 Å². The molecule has 0 spiro atoms. The van der Waals surface area contributed by atoms with Crippen LogP contribution in [-0.4, -0.2) is 17.1 Å². The highest BCUT2D eigenvalue weighted by Crippen LogP contribution is 2.16. The van der Waals surface area contributed by atoms with Crippen molar-refractivity contribution in [3.63, 3.8) is 0 Å². The highest BCUT2D eigenvalue weighted by Gasteiger charge is 2.15. The minimum absolute atomic E-state index is 0.285. The molecule has 0 saturated heterocycles. The van der Waals surface area contributed by atoms with Gasteiger partial charge in [-0.2, -0.15) is 0 Å². The summed E-state index contributed by atoms with van der Waals surface area (Å²) >= 11 is 5.97. The number of halogens is 1. The van der Waals surface area contributed by atoms with Crippen LogP contribution >= 0.6 is 11.6 Å². The first-order chi connectivity index (χ1) is 9.11. The van der Waals surface area contributed by atoms with Crippen LogP contribution in [0.2, 0.25) is 5.02 Å². The van der Waals surface area contributed by atoms with E-state index in [1.165, 1.54) is 0 Å². The van der Waals surface area contributed by atoms with Gasteiger partial charge in [0.05, 0.1) is 6.61 Å². The van der Waals surface area contributed by atoms with E-state index in [9.17, 15) is 4.79 Å². The number of aryl methyl sites for hydroxylation is 1. The largest absolute Gasteiger partial charge is 0.461 e. The second-order valence-electron chi connectivity index (χ2n) is 4.33. The number of nitrogens with zero attached hydrogens (tertiary/aromatic N) is 1. The van der Waals surface area contributed by atoms with Gasteiger partial charge >= 0.3 is 5.97 Å². The van der Waals surface area contributed by atoms with Crippen LogP contribution in [0.3, 0.4) is 0 Å². The minimum Gasteiger partial charge on any atom is -0.461 e. The van der Waals surface area contributed by atoms with Gasteiger partial charge in [0.15, 0.2) is 0 Å². The lowest BCUT2D eigenvalue weighted by atomic mass is 10.2. The molecular weight excluding hydrogens is 262 g/mol. The van der Waals surface area contributed by atoms with Crippen molar-refractivity contribution in [3.05, 3.63) is 58.4 Å². The van der Waals surface area contributed by atoms with Gasteiger partial charge in [-0.3, -0.25) is 0 Å². The molecule has 0 saturated carbocycles. The van der Waals surface area contributed by atoms with Gasteiger partial charge < -0.3 is 9.30 Å². The molecule has 19 heavy (non-hydrogen) atoms. The molecule has 0 aliphatic rings. The number of ether oxygens (including phenoxy) is 1. The number of benzene rings is 1. The number of carbonyl (C=O) groups excluding carboxylic acids is 1. The first kappa shape index (κ1) is 13.7. The molecule has 4 heteroatoms. The molecule has 0 aliphatic carbocycles. The Morgan fingerprint density at radius 3 is 2.84 bits per heavy atom. The van der Waals surface area contributed by atoms with Crippen molar-refractivity contribution < 1.29 is 9.53 Å². The monoisotopic (exact) mass is 277 g/mol. The molecule has 0 amide bonds. The van der Waals surface area contributed by atoms with E-state index >= 15 is 0 Å². The molecule has 2 rings (SSSR count). The zero-order valence-corrected chi connectivity index (χ0v) is 11.8. The van der Waals surface area contributed by atoms with Crippen molar-refractivity contribution in [2.24, 2.45) is 0 Å². The Balaban J connectivity index is 2.28. The van der Waals surface area contributed by atoms with Crippen LogP contribution in [0.25, 0.3) is 0 Å². The number of esters is 1. The first-order valence-electron chi connectivity index (χ1n) is 6.19. The summed E-state index contributed by atoms with van der Waals surface area (Å²) in [6.45, 7) is 4.68. The maximum absolute atomic E-state index is 11.9. The van der Waals surface area contributed by atoms with Crippen molar-refractivity contribution in [1.82, 2.24) is 4.57 Å². The summed E-state index contributed by atoms with van der Waals surface area (Å²) < 4.78 is 6.97. The van der Waals surface area contributed by atoms with Crippen molar-refractivity contribution in [3.8, 4) is 0 Å². The second-order valence-corrected chi connectivity index (χ2v) is 4.76. The predicted octanol–water partition coefficient (Wildman–Crippen LogP) is 3.67. The molecule has 0 aliphatic heterocycles. The van der Waals surface area contributed by atoms with Crippen molar-refractivity contribution in [2.75, 3.05) is 6.61 Å². The quantitative estimate of drug-likeness (QED) is 0.799. The van der Waals surface area contributed by atoms with E-state index in [0.717, 1.165) is 11.1 Å². The maximum Gasteiger partial charge on any atom is 0.355 e. The van der Waals surface area contributed by atoms with Crippen molar-refractivity contribution in [2.45, 2.75) is 20.4 Å². The van der Waals surface area contributed by atoms with Crippen LogP contribution in [0.5, 0.6) is 0 Å². The number of hydrogen-bond donors (Lipinski definition) is 0. The Labute approximate surface area is 117 Å². The molecule has 1 heterocycles. The number of carbonyl (C=O) groups is 1. The molecule has 3 nitrogen and oxygen atoms in total. The van der Waals surface area contributed by atoms with E-state index in [0.29, 0.717) is 23.9 Å². The van der Waals surface area contributed by atoms with Crippen LogP contribution in [0, 0.1) is 6.92 Å². The number of hydrogen-bond acceptors (Lipinski definition) is 2. The third kappa shape index (κ3) is 3.18. The highest BCUT2D eigenvalue weighted by atomic mass is 35.5. The molecule has 1 aromatic heterocycles. The van der Waals surface area contributed by atoms with E-state index in [1.54, 1.807) is 6.92 Å². The lowest BCUT2D eigenvalue weighted by Crippen LogP contribution is -2.13. The van der Waals surface area contributed by atoms with Crippen LogP contribution < -0.4 is 0 Å². The van der Waals surface area contributed by atoms with Gasteiger partial charge in [0, 0.05) is 17.8 Å². The van der Waals surface area contributed by atoms with Gasteiger partial charge in [-0.05, 0) is 43.2 Å². The lowest BCUT2D eigenvalue weighted by Gasteiger charge is -2.10. The van der Waals surface area contributed by atoms with Crippen LogP contribution in [-0.2, 0) is 11.3 Å². The smallest absolute Gasteiger partial charge is 0.355 e. The van der Waals surface area contributed by atoms with E-state index in [-0.39, 0.29) is 5.97 Å². The first-order valence-corrected chi connectivity index (χ1v) is 6.57. The molecule has 0 fully saturated rings. The summed E-state index contributed by atoms with van der Waals surface area (Å²) in [5, 5.41) is 0.694. The number of rotatable bonds is 4. The molecule has 1 aromatic carbocycles. The fourth-order valence-electron chi connectivity index (χ4n) is 2.02. The summed E-state index contributed by atoms with van der Waals surface area (Å²) in [6, 6.07) is 9.52. The summed E-state index contributed by atoms with van der Waals surface area (Å²) in [7, 11) is 0. The summed E-state index contributed by atoms with van der Waals surface area (Å²) in [4.78, 5) is 11.9. The Morgan fingerprint density at radius 1 is 1.37 bits per heavy atom. The molecule has 0 atom stereocenters. The Kier molecular flexibility index (Phi) is 4.27. The SMILES string of the molecule is CCOC(=O)c1c(C)ccn1Cc1cccc(Cl)c1. The van der Waals surface area contributed by atoms with Gasteiger partial charge in [0.2, 0.25) is 0 Å². The Hall–Kier alpha value is -1.74. The highest BCUT2D eigenvalue weighted by molar-refractivity contribution is 6.30. The molecule has 0 N–H and O–H groups in total. The van der Waals surface area contributed by atoms with Gasteiger partial charge in [0.25, 0.3) is 0 Å². The van der Waals surface area contributed by atoms with Crippen LogP contribution in [0.15, 0.2) is 36.5 Å². The van der Waals surface area contributed by atoms with Crippen molar-refractivity contribution >= 4 is 17.6 Å². The maximum atomic E-state index is 11.9. The van der Waals surface area contributed by atoms with Gasteiger partial charge in [-0.15, -0.1) is 0 Å². The minimum atomic E-state index is -0.285. The van der Waals surface area contributed by atoms with E-state index < -0.39 is 0 Å². The molecule has 2 aromatic rings. The van der Waals surface area contributed by atoms with Crippen molar-refractivity contribution in [1.29, 1.82) is 0 Å². The summed E-state index contributed by atoms with van der Waals surface area (Å²) in [5.74, 6) is -0.285. The van der Waals surface area contributed by atoms with E-state index in [4.69, 9.17) is 16.3 Å². The molecular formula is C15H16ClNO2. The van der Waals surface area contributed by atoms with Gasteiger partial charge in [0.1, 0.15) is 5.69 Å². The topological polar surface area (TPSA) is 31.2 Å². The van der Waals surface area contributed by atoms with Crippen LogP contribution in [0.4, 0.5) is 0 Å². The standard InChI is InChI=1S/C15H16ClNO2/c1-3-19-15(18)14-11(2)7-8-17(14)10-12-5-4-6-13(16)9-12/h4-9H,3,10H2,1-2H3. The molecule has 0 bridgehead atoms. The summed E-state index contributed by atoms with van der Waals surface area (Å²) in [5.41, 5.74) is 2.57. The zero-order chi connectivity index (χ0) is 13.8. The van der Waals surface area contributed by atoms with Crippen LogP contribution in [0.1, 0.15) is 28.5 Å². The average molecular weight is 278 g/mol. The normalized spacial score (nSPS) is 10.5.